The van der Waals surface area contributed by atoms with Crippen LogP contribution in [0.2, 0.25) is 0 Å². The summed E-state index contributed by atoms with van der Waals surface area (Å²) in [6, 6.07) is 5.26. The van der Waals surface area contributed by atoms with Gasteiger partial charge >= 0.3 is 6.09 Å². The summed E-state index contributed by atoms with van der Waals surface area (Å²) in [7, 11) is 5.14. The molecule has 0 bridgehead atoms. The molecule has 2 amide bonds. The monoisotopic (exact) mass is 507 g/mol. The lowest BCUT2D eigenvalue weighted by molar-refractivity contribution is 0.0282. The van der Waals surface area contributed by atoms with Crippen molar-refractivity contribution in [3.05, 3.63) is 23.8 Å². The van der Waals surface area contributed by atoms with Gasteiger partial charge in [-0.15, -0.1) is 0 Å². The minimum atomic E-state index is -0.550. The lowest BCUT2D eigenvalue weighted by Gasteiger charge is -2.31. The van der Waals surface area contributed by atoms with E-state index in [0.717, 1.165) is 13.0 Å². The molecule has 1 aromatic rings. The second-order valence-electron chi connectivity index (χ2n) is 10.6. The van der Waals surface area contributed by atoms with Crippen molar-refractivity contribution >= 4 is 12.0 Å². The zero-order chi connectivity index (χ0) is 26.9. The highest BCUT2D eigenvalue weighted by Crippen LogP contribution is 2.31. The third-order valence-corrected chi connectivity index (χ3v) is 6.17. The van der Waals surface area contributed by atoms with Crippen molar-refractivity contribution in [2.24, 2.45) is 11.8 Å². The number of ether oxygens (including phenoxy) is 4. The van der Waals surface area contributed by atoms with Gasteiger partial charge in [0.15, 0.2) is 11.5 Å². The molecule has 1 N–H and O–H groups in total. The van der Waals surface area contributed by atoms with E-state index in [-0.39, 0.29) is 29.9 Å². The fourth-order valence-electron chi connectivity index (χ4n) is 4.37. The van der Waals surface area contributed by atoms with Crippen LogP contribution < -0.4 is 14.8 Å². The van der Waals surface area contributed by atoms with Crippen LogP contribution in [0.5, 0.6) is 11.5 Å². The molecular weight excluding hydrogens is 462 g/mol. The number of hydrogen-bond donors (Lipinski definition) is 1. The summed E-state index contributed by atoms with van der Waals surface area (Å²) in [5, 5.41) is 3.24. The summed E-state index contributed by atoms with van der Waals surface area (Å²) in [5.41, 5.74) is -0.0101. The highest BCUT2D eigenvalue weighted by Gasteiger charge is 2.38. The molecule has 0 aromatic heterocycles. The maximum Gasteiger partial charge on any atom is 0.410 e. The van der Waals surface area contributed by atoms with E-state index in [9.17, 15) is 9.59 Å². The molecule has 9 heteroatoms. The number of amides is 2. The fraction of sp³-hybridized carbons (Fsp3) is 0.704. The van der Waals surface area contributed by atoms with Crippen LogP contribution in [0.15, 0.2) is 18.2 Å². The summed E-state index contributed by atoms with van der Waals surface area (Å²) < 4.78 is 22.0. The third kappa shape index (κ3) is 8.55. The van der Waals surface area contributed by atoms with Crippen LogP contribution in [0, 0.1) is 11.8 Å². The number of hydrogen-bond acceptors (Lipinski definition) is 7. The second kappa shape index (κ2) is 13.7. The normalized spacial score (nSPS) is 17.9. The average Bonchev–Trinajstić information content (AvgIpc) is 3.21. The van der Waals surface area contributed by atoms with Gasteiger partial charge in [-0.1, -0.05) is 0 Å². The molecule has 0 radical (unpaired) electrons. The van der Waals surface area contributed by atoms with Crippen molar-refractivity contribution in [1.29, 1.82) is 0 Å². The molecule has 0 spiro atoms. The predicted octanol–water partition coefficient (Wildman–Crippen LogP) is 3.66. The van der Waals surface area contributed by atoms with E-state index in [1.54, 1.807) is 37.3 Å². The Balaban J connectivity index is 2.19. The van der Waals surface area contributed by atoms with Crippen LogP contribution in [0.25, 0.3) is 0 Å². The number of nitrogens with zero attached hydrogens (tertiary/aromatic N) is 2. The number of likely N-dealkylation sites (tertiary alicyclic amines) is 1. The molecule has 36 heavy (non-hydrogen) atoms. The van der Waals surface area contributed by atoms with Crippen LogP contribution in [0.1, 0.15) is 51.4 Å². The topological polar surface area (TPSA) is 89.6 Å². The summed E-state index contributed by atoms with van der Waals surface area (Å²) in [5.74, 6) is 1.38. The van der Waals surface area contributed by atoms with Crippen LogP contribution in [-0.4, -0.2) is 94.1 Å². The lowest BCUT2D eigenvalue weighted by Crippen LogP contribution is -2.43. The molecule has 2 atom stereocenters. The van der Waals surface area contributed by atoms with Gasteiger partial charge in [0.05, 0.1) is 13.7 Å². The van der Waals surface area contributed by atoms with E-state index >= 15 is 0 Å². The van der Waals surface area contributed by atoms with Crippen molar-refractivity contribution < 1.29 is 28.5 Å². The Morgan fingerprint density at radius 1 is 1.11 bits per heavy atom. The molecular formula is C27H45N3O6. The quantitative estimate of drug-likeness (QED) is 0.432. The van der Waals surface area contributed by atoms with E-state index in [2.05, 4.69) is 5.32 Å². The Morgan fingerprint density at radius 3 is 2.39 bits per heavy atom. The molecule has 204 valence electrons. The lowest BCUT2D eigenvalue weighted by atomic mass is 9.94. The smallest absolute Gasteiger partial charge is 0.410 e. The first-order valence-corrected chi connectivity index (χ1v) is 12.7. The maximum absolute atomic E-state index is 13.7. The molecule has 1 unspecified atom stereocenters. The van der Waals surface area contributed by atoms with Gasteiger partial charge in [0.1, 0.15) is 5.60 Å². The van der Waals surface area contributed by atoms with Gasteiger partial charge in [-0.25, -0.2) is 4.79 Å². The standard InChI is InChI=1S/C27H45N3O6/c1-19(2)30(18-22-17-29(16-21(22)15-28-6)26(32)36-27(3,4)5)25(31)20-10-11-23(34-8)24(14-20)35-13-9-12-33-7/h10-11,14,19,21-22,28H,9,12-13,15-18H2,1-8H3/t21-,22?/m1/s1. The Hall–Kier alpha value is -2.52. The maximum atomic E-state index is 13.7. The van der Waals surface area contributed by atoms with Crippen LogP contribution in [0.3, 0.4) is 0 Å². The molecule has 0 saturated carbocycles. The fourth-order valence-corrected chi connectivity index (χ4v) is 4.37. The van der Waals surface area contributed by atoms with Crippen molar-refractivity contribution in [3.63, 3.8) is 0 Å². The average molecular weight is 508 g/mol. The zero-order valence-corrected chi connectivity index (χ0v) is 23.3. The molecule has 0 aliphatic carbocycles. The minimum absolute atomic E-state index is 0.0171. The van der Waals surface area contributed by atoms with Crippen molar-refractivity contribution in [2.45, 2.75) is 52.7 Å². The van der Waals surface area contributed by atoms with Gasteiger partial charge in [0.2, 0.25) is 0 Å². The molecule has 1 saturated heterocycles. The van der Waals surface area contributed by atoms with Gasteiger partial charge in [0.25, 0.3) is 5.91 Å². The first-order valence-electron chi connectivity index (χ1n) is 12.7. The number of benzene rings is 1. The van der Waals surface area contributed by atoms with E-state index in [4.69, 9.17) is 18.9 Å². The molecule has 2 rings (SSSR count). The first kappa shape index (κ1) is 29.7. The van der Waals surface area contributed by atoms with Gasteiger partial charge in [-0.05, 0) is 78.2 Å². The van der Waals surface area contributed by atoms with Crippen molar-refractivity contribution in [3.8, 4) is 11.5 Å². The molecule has 1 aliphatic heterocycles. The summed E-state index contributed by atoms with van der Waals surface area (Å²) in [6.45, 7) is 13.1. The highest BCUT2D eigenvalue weighted by molar-refractivity contribution is 5.95. The summed E-state index contributed by atoms with van der Waals surface area (Å²) >= 11 is 0. The van der Waals surface area contributed by atoms with Crippen molar-refractivity contribution in [1.82, 2.24) is 15.1 Å². The predicted molar refractivity (Wildman–Crippen MR) is 140 cm³/mol. The largest absolute Gasteiger partial charge is 0.493 e. The minimum Gasteiger partial charge on any atom is -0.493 e. The number of methoxy groups -OCH3 is 2. The second-order valence-corrected chi connectivity index (χ2v) is 10.6. The Kier molecular flexibility index (Phi) is 11.3. The van der Waals surface area contributed by atoms with Crippen LogP contribution >= 0.6 is 0 Å². The van der Waals surface area contributed by atoms with Crippen molar-refractivity contribution in [2.75, 3.05) is 60.7 Å². The zero-order valence-electron chi connectivity index (χ0n) is 23.3. The van der Waals surface area contributed by atoms with Gasteiger partial charge < -0.3 is 34.1 Å². The van der Waals surface area contributed by atoms with E-state index in [1.807, 2.05) is 46.6 Å². The number of rotatable bonds is 12. The van der Waals surface area contributed by atoms with Crippen LogP contribution in [0.4, 0.5) is 4.79 Å². The molecule has 1 aromatic carbocycles. The molecule has 1 fully saturated rings. The highest BCUT2D eigenvalue weighted by atomic mass is 16.6. The SMILES string of the molecule is CNC[C@@H]1CN(C(=O)OC(C)(C)C)CC1CN(C(=O)c1ccc(OC)c(OCCCOC)c1)C(C)C. The van der Waals surface area contributed by atoms with Gasteiger partial charge in [-0.2, -0.15) is 0 Å². The van der Waals surface area contributed by atoms with Gasteiger partial charge in [0, 0.05) is 51.4 Å². The van der Waals surface area contributed by atoms with Crippen LogP contribution in [-0.2, 0) is 9.47 Å². The van der Waals surface area contributed by atoms with E-state index in [1.165, 1.54) is 0 Å². The number of nitrogens with one attached hydrogen (secondary N) is 1. The Morgan fingerprint density at radius 2 is 1.81 bits per heavy atom. The van der Waals surface area contributed by atoms with E-state index < -0.39 is 5.60 Å². The molecule has 1 heterocycles. The van der Waals surface area contributed by atoms with Gasteiger partial charge in [-0.3, -0.25) is 4.79 Å². The number of carbonyl (C=O) groups is 2. The Bertz CT molecular complexity index is 854. The third-order valence-electron chi connectivity index (χ3n) is 6.17. The molecule has 9 nitrogen and oxygen atoms in total. The Labute approximate surface area is 216 Å². The molecule has 1 aliphatic rings. The van der Waals surface area contributed by atoms with E-state index in [0.29, 0.717) is 49.9 Å². The number of carbonyl (C=O) groups excluding carboxylic acids is 2. The first-order chi connectivity index (χ1) is 17.0. The summed E-state index contributed by atoms with van der Waals surface area (Å²) in [6.07, 6.45) is 0.428. The summed E-state index contributed by atoms with van der Waals surface area (Å²) in [4.78, 5) is 30.0.